The zero-order valence-electron chi connectivity index (χ0n) is 21.5. The lowest BCUT2D eigenvalue weighted by Gasteiger charge is -2.28. The SMILES string of the molecule is CCC[C@H]1CC[C@H](CCc2ccc(CCc3ccc([C@H]4CC[C@H](CC)CC4)cc3)cc2)CC1. The molecule has 33 heavy (non-hydrogen) atoms. The first-order valence-electron chi connectivity index (χ1n) is 14.4. The van der Waals surface area contributed by atoms with Crippen LogP contribution >= 0.6 is 0 Å². The summed E-state index contributed by atoms with van der Waals surface area (Å²) in [6.45, 7) is 4.69. The smallest absolute Gasteiger partial charge is 0.0162 e. The van der Waals surface area contributed by atoms with Gasteiger partial charge in [-0.25, -0.2) is 0 Å². The van der Waals surface area contributed by atoms with Crippen LogP contribution in [0.1, 0.15) is 119 Å². The van der Waals surface area contributed by atoms with Crippen molar-refractivity contribution in [2.45, 2.75) is 116 Å². The summed E-state index contributed by atoms with van der Waals surface area (Å²) < 4.78 is 0. The van der Waals surface area contributed by atoms with E-state index in [0.717, 1.165) is 36.5 Å². The Morgan fingerprint density at radius 1 is 0.515 bits per heavy atom. The summed E-state index contributed by atoms with van der Waals surface area (Å²) in [6, 6.07) is 19.2. The van der Waals surface area contributed by atoms with Gasteiger partial charge in [-0.3, -0.25) is 0 Å². The van der Waals surface area contributed by atoms with E-state index in [4.69, 9.17) is 0 Å². The van der Waals surface area contributed by atoms with Crippen molar-refractivity contribution in [3.05, 3.63) is 70.8 Å². The van der Waals surface area contributed by atoms with E-state index in [1.54, 1.807) is 5.56 Å². The second-order valence-corrected chi connectivity index (χ2v) is 11.4. The average Bonchev–Trinajstić information content (AvgIpc) is 2.88. The lowest BCUT2D eigenvalue weighted by Crippen LogP contribution is -2.15. The van der Waals surface area contributed by atoms with Crippen LogP contribution < -0.4 is 0 Å². The van der Waals surface area contributed by atoms with Gasteiger partial charge in [-0.05, 0) is 97.3 Å². The maximum Gasteiger partial charge on any atom is -0.0162 e. The Kier molecular flexibility index (Phi) is 9.51. The molecule has 0 aliphatic heterocycles. The molecule has 0 N–H and O–H groups in total. The third-order valence-electron chi connectivity index (χ3n) is 9.11. The largest absolute Gasteiger partial charge is 0.0654 e. The highest BCUT2D eigenvalue weighted by Crippen LogP contribution is 2.37. The van der Waals surface area contributed by atoms with Gasteiger partial charge in [-0.15, -0.1) is 0 Å². The third-order valence-corrected chi connectivity index (χ3v) is 9.11. The van der Waals surface area contributed by atoms with Gasteiger partial charge >= 0.3 is 0 Å². The van der Waals surface area contributed by atoms with Gasteiger partial charge in [0.05, 0.1) is 0 Å². The Morgan fingerprint density at radius 2 is 0.970 bits per heavy atom. The van der Waals surface area contributed by atoms with Gasteiger partial charge in [0.2, 0.25) is 0 Å². The number of hydrogen-bond acceptors (Lipinski definition) is 0. The second kappa shape index (κ2) is 12.8. The van der Waals surface area contributed by atoms with Crippen molar-refractivity contribution in [1.29, 1.82) is 0 Å². The number of hydrogen-bond donors (Lipinski definition) is 0. The highest BCUT2D eigenvalue weighted by Gasteiger charge is 2.21. The molecule has 0 saturated heterocycles. The van der Waals surface area contributed by atoms with Gasteiger partial charge in [0.25, 0.3) is 0 Å². The van der Waals surface area contributed by atoms with Gasteiger partial charge in [0.15, 0.2) is 0 Å². The Hall–Kier alpha value is -1.56. The van der Waals surface area contributed by atoms with Crippen LogP contribution in [0, 0.1) is 17.8 Å². The molecule has 0 nitrogen and oxygen atoms in total. The van der Waals surface area contributed by atoms with E-state index >= 15 is 0 Å². The third kappa shape index (κ3) is 7.46. The fourth-order valence-electron chi connectivity index (χ4n) is 6.61. The van der Waals surface area contributed by atoms with Crippen molar-refractivity contribution in [1.82, 2.24) is 0 Å². The molecule has 0 aromatic heterocycles. The predicted molar refractivity (Wildman–Crippen MR) is 144 cm³/mol. The quantitative estimate of drug-likeness (QED) is 0.342. The molecule has 2 aromatic carbocycles. The molecule has 0 bridgehead atoms. The molecule has 2 aliphatic rings. The first-order valence-corrected chi connectivity index (χ1v) is 14.4. The van der Waals surface area contributed by atoms with Gasteiger partial charge < -0.3 is 0 Å². The van der Waals surface area contributed by atoms with Crippen LogP contribution in [0.3, 0.4) is 0 Å². The van der Waals surface area contributed by atoms with Crippen LogP contribution in [0.25, 0.3) is 0 Å². The summed E-state index contributed by atoms with van der Waals surface area (Å²) >= 11 is 0. The monoisotopic (exact) mass is 444 g/mol. The molecule has 0 amide bonds. The van der Waals surface area contributed by atoms with Crippen molar-refractivity contribution in [3.63, 3.8) is 0 Å². The van der Waals surface area contributed by atoms with Gasteiger partial charge in [-0.1, -0.05) is 107 Å². The molecule has 180 valence electrons. The first kappa shape index (κ1) is 24.6. The maximum atomic E-state index is 2.42. The topological polar surface area (TPSA) is 0 Å². The molecular weight excluding hydrogens is 396 g/mol. The molecule has 2 saturated carbocycles. The summed E-state index contributed by atoms with van der Waals surface area (Å²) in [7, 11) is 0. The fraction of sp³-hybridized carbons (Fsp3) is 0.636. The van der Waals surface area contributed by atoms with Crippen LogP contribution in [0.15, 0.2) is 48.5 Å². The molecule has 2 aliphatic carbocycles. The fourth-order valence-corrected chi connectivity index (χ4v) is 6.61. The average molecular weight is 445 g/mol. The Labute approximate surface area is 204 Å². The van der Waals surface area contributed by atoms with Crippen molar-refractivity contribution >= 4 is 0 Å². The molecule has 0 heterocycles. The lowest BCUT2D eigenvalue weighted by molar-refractivity contribution is 0.252. The van der Waals surface area contributed by atoms with E-state index in [1.807, 2.05) is 0 Å². The lowest BCUT2D eigenvalue weighted by atomic mass is 9.78. The first-order chi connectivity index (χ1) is 16.2. The molecule has 2 aromatic rings. The van der Waals surface area contributed by atoms with E-state index < -0.39 is 0 Å². The maximum absolute atomic E-state index is 2.42. The highest BCUT2D eigenvalue weighted by atomic mass is 14.3. The standard InChI is InChI=1S/C33H48/c1-3-5-27-6-8-28(9-7-27)10-11-29-12-14-30(15-13-29)16-17-31-20-24-33(25-21-31)32-22-18-26(4-2)19-23-32/h12-15,20-21,24-28,32H,3-11,16-19,22-23H2,1-2H3/t26-,27-,28-,32-. The molecular formula is C33H48. The van der Waals surface area contributed by atoms with Crippen LogP contribution in [-0.4, -0.2) is 0 Å². The summed E-state index contributed by atoms with van der Waals surface area (Å²) in [5.41, 5.74) is 6.10. The molecule has 0 radical (unpaired) electrons. The minimum Gasteiger partial charge on any atom is -0.0654 e. The van der Waals surface area contributed by atoms with Crippen LogP contribution in [0.5, 0.6) is 0 Å². The second-order valence-electron chi connectivity index (χ2n) is 11.4. The van der Waals surface area contributed by atoms with E-state index in [9.17, 15) is 0 Å². The van der Waals surface area contributed by atoms with E-state index in [-0.39, 0.29) is 0 Å². The Balaban J connectivity index is 1.17. The van der Waals surface area contributed by atoms with Crippen LogP contribution in [0.4, 0.5) is 0 Å². The van der Waals surface area contributed by atoms with Gasteiger partial charge in [0.1, 0.15) is 0 Å². The minimum atomic E-state index is 0.806. The normalized spacial score (nSPS) is 25.8. The summed E-state index contributed by atoms with van der Waals surface area (Å²) in [5.74, 6) is 3.79. The summed E-state index contributed by atoms with van der Waals surface area (Å²) in [4.78, 5) is 0. The molecule has 0 unspecified atom stereocenters. The van der Waals surface area contributed by atoms with Crippen molar-refractivity contribution < 1.29 is 0 Å². The summed E-state index contributed by atoms with van der Waals surface area (Å²) in [6.07, 6.45) is 20.7. The zero-order chi connectivity index (χ0) is 22.9. The van der Waals surface area contributed by atoms with Crippen molar-refractivity contribution in [3.8, 4) is 0 Å². The highest BCUT2D eigenvalue weighted by molar-refractivity contribution is 5.28. The van der Waals surface area contributed by atoms with Crippen LogP contribution in [-0.2, 0) is 19.3 Å². The number of benzene rings is 2. The van der Waals surface area contributed by atoms with E-state index in [2.05, 4.69) is 62.4 Å². The molecule has 0 spiro atoms. The number of rotatable bonds is 10. The zero-order valence-corrected chi connectivity index (χ0v) is 21.5. The van der Waals surface area contributed by atoms with Gasteiger partial charge in [-0.2, -0.15) is 0 Å². The Morgan fingerprint density at radius 3 is 1.48 bits per heavy atom. The molecule has 4 rings (SSSR count). The van der Waals surface area contributed by atoms with Gasteiger partial charge in [0, 0.05) is 0 Å². The minimum absolute atomic E-state index is 0.806. The summed E-state index contributed by atoms with van der Waals surface area (Å²) in [5, 5.41) is 0. The van der Waals surface area contributed by atoms with Crippen molar-refractivity contribution in [2.24, 2.45) is 17.8 Å². The van der Waals surface area contributed by atoms with E-state index in [0.29, 0.717) is 0 Å². The molecule has 0 atom stereocenters. The predicted octanol–water partition coefficient (Wildman–Crippen LogP) is 9.69. The molecule has 2 fully saturated rings. The van der Waals surface area contributed by atoms with Crippen molar-refractivity contribution in [2.75, 3.05) is 0 Å². The Bertz CT molecular complexity index is 783. The van der Waals surface area contributed by atoms with Crippen LogP contribution in [0.2, 0.25) is 0 Å². The molecule has 0 heteroatoms. The van der Waals surface area contributed by atoms with E-state index in [1.165, 1.54) is 100 Å². The number of aryl methyl sites for hydroxylation is 3.